The van der Waals surface area contributed by atoms with Gasteiger partial charge in [-0.2, -0.15) is 0 Å². The average molecular weight is 401 g/mol. The molecule has 1 aromatic heterocycles. The van der Waals surface area contributed by atoms with Gasteiger partial charge in [-0.05, 0) is 48.6 Å². The molecule has 0 bridgehead atoms. The lowest BCUT2D eigenvalue weighted by molar-refractivity contribution is 0.145. The summed E-state index contributed by atoms with van der Waals surface area (Å²) >= 11 is 0. The molecule has 0 radical (unpaired) electrons. The summed E-state index contributed by atoms with van der Waals surface area (Å²) in [5.74, 6) is 1.40. The van der Waals surface area contributed by atoms with Gasteiger partial charge in [0, 0.05) is 18.0 Å². The van der Waals surface area contributed by atoms with Crippen molar-refractivity contribution in [1.82, 2.24) is 9.97 Å². The van der Waals surface area contributed by atoms with Crippen LogP contribution in [0.25, 0.3) is 11.4 Å². The Balaban J connectivity index is 1.76. The zero-order valence-electron chi connectivity index (χ0n) is 18.4. The van der Waals surface area contributed by atoms with Gasteiger partial charge in [-0.3, -0.25) is 0 Å². The molecular formula is C25H37FN2O. The van der Waals surface area contributed by atoms with Crippen molar-refractivity contribution in [3.8, 4) is 17.1 Å². The molecule has 4 heteroatoms. The van der Waals surface area contributed by atoms with Crippen molar-refractivity contribution in [1.29, 1.82) is 0 Å². The minimum absolute atomic E-state index is 0.0160. The van der Waals surface area contributed by atoms with Crippen LogP contribution in [0.15, 0.2) is 36.7 Å². The third-order valence-corrected chi connectivity index (χ3v) is 5.56. The fraction of sp³-hybridized carbons (Fsp3) is 0.600. The van der Waals surface area contributed by atoms with Crippen molar-refractivity contribution < 1.29 is 9.13 Å². The Morgan fingerprint density at radius 3 is 2.14 bits per heavy atom. The number of halogens is 1. The number of aromatic nitrogens is 2. The first kappa shape index (κ1) is 23.3. The Bertz CT molecular complexity index is 672. The number of aryl methyl sites for hydroxylation is 1. The van der Waals surface area contributed by atoms with Gasteiger partial charge in [-0.15, -0.1) is 0 Å². The van der Waals surface area contributed by atoms with E-state index in [9.17, 15) is 4.39 Å². The van der Waals surface area contributed by atoms with Crippen LogP contribution in [0.2, 0.25) is 0 Å². The van der Waals surface area contributed by atoms with E-state index in [1.54, 1.807) is 0 Å². The maximum Gasteiger partial charge on any atom is 0.159 e. The van der Waals surface area contributed by atoms with Crippen molar-refractivity contribution in [2.75, 3.05) is 6.61 Å². The molecular weight excluding hydrogens is 363 g/mol. The number of rotatable bonds is 14. The van der Waals surface area contributed by atoms with Crippen LogP contribution < -0.4 is 4.74 Å². The third kappa shape index (κ3) is 8.51. The number of hydrogen-bond donors (Lipinski definition) is 0. The first-order valence-electron chi connectivity index (χ1n) is 11.3. The summed E-state index contributed by atoms with van der Waals surface area (Å²) in [6.45, 7) is 6.25. The number of unbranched alkanes of at least 4 members (excludes halogenated alkanes) is 6. The quantitative estimate of drug-likeness (QED) is 0.314. The van der Waals surface area contributed by atoms with Crippen LogP contribution in [0.4, 0.5) is 4.39 Å². The maximum absolute atomic E-state index is 13.9. The van der Waals surface area contributed by atoms with Gasteiger partial charge in [-0.25, -0.2) is 14.4 Å². The van der Waals surface area contributed by atoms with E-state index in [0.29, 0.717) is 11.6 Å². The van der Waals surface area contributed by atoms with Crippen molar-refractivity contribution in [2.45, 2.75) is 84.7 Å². The maximum atomic E-state index is 13.9. The van der Waals surface area contributed by atoms with Crippen molar-refractivity contribution >= 4 is 0 Å². The molecule has 0 saturated carbocycles. The summed E-state index contributed by atoms with van der Waals surface area (Å²) < 4.78 is 19.5. The van der Waals surface area contributed by atoms with Gasteiger partial charge >= 0.3 is 0 Å². The second kappa shape index (κ2) is 13.3. The molecule has 2 rings (SSSR count). The minimum atomic E-state index is -0.938. The highest BCUT2D eigenvalue weighted by Gasteiger charge is 2.15. The van der Waals surface area contributed by atoms with E-state index in [4.69, 9.17) is 4.74 Å². The van der Waals surface area contributed by atoms with Crippen molar-refractivity contribution in [3.63, 3.8) is 0 Å². The molecule has 0 saturated heterocycles. The summed E-state index contributed by atoms with van der Waals surface area (Å²) in [6.07, 6.45) is 14.0. The number of alkyl halides is 1. The normalized spacial score (nSPS) is 13.2. The van der Waals surface area contributed by atoms with Crippen LogP contribution in [-0.2, 0) is 6.42 Å². The monoisotopic (exact) mass is 400 g/mol. The lowest BCUT2D eigenvalue weighted by Crippen LogP contribution is -2.20. The highest BCUT2D eigenvalue weighted by atomic mass is 19.1. The van der Waals surface area contributed by atoms with Crippen LogP contribution in [-0.4, -0.2) is 22.7 Å². The summed E-state index contributed by atoms with van der Waals surface area (Å²) in [6, 6.07) is 7.57. The molecule has 0 spiro atoms. The van der Waals surface area contributed by atoms with Gasteiger partial charge in [0.05, 0.1) is 0 Å². The van der Waals surface area contributed by atoms with E-state index in [1.807, 2.05) is 50.5 Å². The summed E-state index contributed by atoms with van der Waals surface area (Å²) in [5.41, 5.74) is 2.14. The molecule has 0 aliphatic carbocycles. The van der Waals surface area contributed by atoms with E-state index >= 15 is 0 Å². The SMILES string of the molecule is CCCCCCCCCc1cnc(-c2ccc(OCC(F)C(C)CC)cc2)nc1. The van der Waals surface area contributed by atoms with E-state index in [2.05, 4.69) is 16.9 Å². The lowest BCUT2D eigenvalue weighted by Gasteiger charge is -2.15. The lowest BCUT2D eigenvalue weighted by atomic mass is 10.0. The van der Waals surface area contributed by atoms with Gasteiger partial charge < -0.3 is 4.74 Å². The van der Waals surface area contributed by atoms with Gasteiger partial charge in [0.25, 0.3) is 0 Å². The highest BCUT2D eigenvalue weighted by Crippen LogP contribution is 2.21. The topological polar surface area (TPSA) is 35.0 Å². The zero-order chi connectivity index (χ0) is 20.9. The smallest absolute Gasteiger partial charge is 0.159 e. The Morgan fingerprint density at radius 2 is 1.52 bits per heavy atom. The van der Waals surface area contributed by atoms with Crippen molar-refractivity contribution in [3.05, 3.63) is 42.2 Å². The molecule has 29 heavy (non-hydrogen) atoms. The largest absolute Gasteiger partial charge is 0.491 e. The Morgan fingerprint density at radius 1 is 0.897 bits per heavy atom. The average Bonchev–Trinajstić information content (AvgIpc) is 2.77. The molecule has 2 atom stereocenters. The van der Waals surface area contributed by atoms with Crippen LogP contribution in [0.5, 0.6) is 5.75 Å². The minimum Gasteiger partial charge on any atom is -0.491 e. The molecule has 3 nitrogen and oxygen atoms in total. The predicted octanol–water partition coefficient (Wildman–Crippen LogP) is 7.20. The fourth-order valence-corrected chi connectivity index (χ4v) is 3.22. The van der Waals surface area contributed by atoms with E-state index in [0.717, 1.165) is 18.4 Å². The Labute approximate surface area is 176 Å². The summed E-state index contributed by atoms with van der Waals surface area (Å²) in [5, 5.41) is 0. The van der Waals surface area contributed by atoms with E-state index < -0.39 is 6.17 Å². The molecule has 1 heterocycles. The van der Waals surface area contributed by atoms with Crippen LogP contribution in [0, 0.1) is 5.92 Å². The zero-order valence-corrected chi connectivity index (χ0v) is 18.4. The molecule has 1 aromatic carbocycles. The first-order chi connectivity index (χ1) is 14.1. The van der Waals surface area contributed by atoms with Crippen LogP contribution in [0.3, 0.4) is 0 Å². The first-order valence-corrected chi connectivity index (χ1v) is 11.3. The molecule has 0 fully saturated rings. The van der Waals surface area contributed by atoms with Crippen molar-refractivity contribution in [2.24, 2.45) is 5.92 Å². The molecule has 2 aromatic rings. The molecule has 2 unspecified atom stereocenters. The second-order valence-corrected chi connectivity index (χ2v) is 8.02. The summed E-state index contributed by atoms with van der Waals surface area (Å²) in [7, 11) is 0. The van der Waals surface area contributed by atoms with Gasteiger partial charge in [0.1, 0.15) is 18.5 Å². The van der Waals surface area contributed by atoms with Gasteiger partial charge in [0.2, 0.25) is 0 Å². The standard InChI is InChI=1S/C25H37FN2O/c1-4-6-7-8-9-10-11-12-21-17-27-25(28-18-21)22-13-15-23(16-14-22)29-19-24(26)20(3)5-2/h13-18,20,24H,4-12,19H2,1-3H3. The molecule has 0 aliphatic heterocycles. The second-order valence-electron chi connectivity index (χ2n) is 8.02. The molecule has 0 aliphatic rings. The fourth-order valence-electron chi connectivity index (χ4n) is 3.22. The molecule has 160 valence electrons. The Hall–Kier alpha value is -1.97. The van der Waals surface area contributed by atoms with Gasteiger partial charge in [0.15, 0.2) is 5.82 Å². The number of benzene rings is 1. The predicted molar refractivity (Wildman–Crippen MR) is 119 cm³/mol. The molecule has 0 amide bonds. The van der Waals surface area contributed by atoms with E-state index in [-0.39, 0.29) is 12.5 Å². The van der Waals surface area contributed by atoms with Crippen LogP contribution in [0.1, 0.15) is 77.7 Å². The number of ether oxygens (including phenoxy) is 1. The van der Waals surface area contributed by atoms with Crippen LogP contribution >= 0.6 is 0 Å². The third-order valence-electron chi connectivity index (χ3n) is 5.56. The Kier molecular flexibility index (Phi) is 10.7. The van der Waals surface area contributed by atoms with Gasteiger partial charge in [-0.1, -0.05) is 65.7 Å². The highest BCUT2D eigenvalue weighted by molar-refractivity contribution is 5.55. The number of hydrogen-bond acceptors (Lipinski definition) is 3. The number of nitrogens with zero attached hydrogens (tertiary/aromatic N) is 2. The van der Waals surface area contributed by atoms with E-state index in [1.165, 1.54) is 50.5 Å². The summed E-state index contributed by atoms with van der Waals surface area (Å²) in [4.78, 5) is 9.03. The molecule has 0 N–H and O–H groups in total.